The van der Waals surface area contributed by atoms with E-state index >= 15 is 0 Å². The van der Waals surface area contributed by atoms with Crippen LogP contribution in [0.5, 0.6) is 5.75 Å². The van der Waals surface area contributed by atoms with Gasteiger partial charge in [-0.15, -0.1) is 0 Å². The number of benzene rings is 2. The smallest absolute Gasteiger partial charge is 0.258 e. The number of ether oxygens (including phenoxy) is 1. The molecule has 3 saturated carbocycles. The van der Waals surface area contributed by atoms with Crippen molar-refractivity contribution in [2.45, 2.75) is 56.0 Å². The first-order valence-electron chi connectivity index (χ1n) is 10.2. The first kappa shape index (κ1) is 22.0. The molecule has 2 bridgehead atoms. The summed E-state index contributed by atoms with van der Waals surface area (Å²) in [5.41, 5.74) is -0.0654. The van der Waals surface area contributed by atoms with E-state index in [2.05, 4.69) is 10.6 Å². The van der Waals surface area contributed by atoms with Crippen molar-refractivity contribution < 1.29 is 24.1 Å². The molecule has 0 heterocycles. The lowest BCUT2D eigenvalue weighted by atomic mass is 9.44. The molecule has 2 aromatic rings. The van der Waals surface area contributed by atoms with Crippen LogP contribution in [0.2, 0.25) is 5.02 Å². The maximum atomic E-state index is 13.4. The monoisotopic (exact) mass is 448 g/mol. The van der Waals surface area contributed by atoms with E-state index < -0.39 is 17.6 Å². The lowest BCUT2D eigenvalue weighted by Crippen LogP contribution is -2.83. The van der Waals surface area contributed by atoms with Crippen molar-refractivity contribution in [3.05, 3.63) is 64.4 Å². The van der Waals surface area contributed by atoms with Gasteiger partial charge in [-0.05, 0) is 62.4 Å². The summed E-state index contributed by atoms with van der Waals surface area (Å²) in [4.78, 5) is 12.2. The number of hydrogen-bond donors (Lipinski definition) is 4. The van der Waals surface area contributed by atoms with E-state index in [0.717, 1.165) is 11.6 Å². The number of aliphatic hydroxyl groups excluding tert-OH is 1. The highest BCUT2D eigenvalue weighted by Crippen LogP contribution is 2.61. The number of rotatable bonds is 8. The van der Waals surface area contributed by atoms with Crippen LogP contribution in [-0.4, -0.2) is 33.8 Å². The standard InChI is InChI=1S/C23H26ClFN2O4/c1-21(2,30)15-5-3-4-14(8-15)20(29)27-23-11-22(12-23,13-23)26-19(28)10-31-16-6-7-17(24)18(25)9-16/h3-9,20,27,29-30H,10-13H2,1-2H3,(H,26,28). The molecule has 6 nitrogen and oxygen atoms in total. The summed E-state index contributed by atoms with van der Waals surface area (Å²) in [6.07, 6.45) is 1.27. The fourth-order valence-corrected chi connectivity index (χ4v) is 4.70. The molecule has 2 aromatic carbocycles. The lowest BCUT2D eigenvalue weighted by molar-refractivity contribution is -0.151. The van der Waals surface area contributed by atoms with Crippen molar-refractivity contribution >= 4 is 17.5 Å². The van der Waals surface area contributed by atoms with Crippen LogP contribution in [0.3, 0.4) is 0 Å². The first-order valence-corrected chi connectivity index (χ1v) is 10.5. The van der Waals surface area contributed by atoms with Crippen LogP contribution in [0.1, 0.15) is 50.5 Å². The van der Waals surface area contributed by atoms with Gasteiger partial charge in [0, 0.05) is 17.1 Å². The van der Waals surface area contributed by atoms with E-state index in [1.807, 2.05) is 18.2 Å². The largest absolute Gasteiger partial charge is 0.484 e. The fourth-order valence-electron chi connectivity index (χ4n) is 4.58. The van der Waals surface area contributed by atoms with Gasteiger partial charge in [0.2, 0.25) is 0 Å². The molecule has 3 aliphatic rings. The molecule has 0 aromatic heterocycles. The van der Waals surface area contributed by atoms with Crippen molar-refractivity contribution in [1.82, 2.24) is 10.6 Å². The number of amides is 1. The molecule has 0 radical (unpaired) electrons. The Hall–Kier alpha value is -2.19. The van der Waals surface area contributed by atoms with Gasteiger partial charge in [0.25, 0.3) is 5.91 Å². The van der Waals surface area contributed by atoms with Gasteiger partial charge in [-0.3, -0.25) is 10.1 Å². The van der Waals surface area contributed by atoms with Gasteiger partial charge in [-0.1, -0.05) is 29.8 Å². The molecule has 3 aliphatic carbocycles. The van der Waals surface area contributed by atoms with Crippen molar-refractivity contribution in [3.8, 4) is 5.75 Å². The molecular formula is C23H26ClFN2O4. The molecule has 1 unspecified atom stereocenters. The topological polar surface area (TPSA) is 90.8 Å². The number of hydrogen-bond acceptors (Lipinski definition) is 5. The average molecular weight is 449 g/mol. The number of nitrogens with one attached hydrogen (secondary N) is 2. The van der Waals surface area contributed by atoms with Gasteiger partial charge in [0.1, 0.15) is 17.8 Å². The zero-order valence-corrected chi connectivity index (χ0v) is 18.2. The van der Waals surface area contributed by atoms with E-state index in [0.29, 0.717) is 24.8 Å². The summed E-state index contributed by atoms with van der Waals surface area (Å²) in [7, 11) is 0. The highest BCUT2D eigenvalue weighted by Gasteiger charge is 2.68. The van der Waals surface area contributed by atoms with E-state index in [-0.39, 0.29) is 34.4 Å². The quantitative estimate of drug-likeness (QED) is 0.466. The maximum Gasteiger partial charge on any atom is 0.258 e. The fraction of sp³-hybridized carbons (Fsp3) is 0.435. The molecule has 5 rings (SSSR count). The van der Waals surface area contributed by atoms with Crippen LogP contribution < -0.4 is 15.4 Å². The predicted octanol–water partition coefficient (Wildman–Crippen LogP) is 3.16. The minimum Gasteiger partial charge on any atom is -0.484 e. The molecule has 4 N–H and O–H groups in total. The van der Waals surface area contributed by atoms with Gasteiger partial charge < -0.3 is 20.3 Å². The molecule has 3 fully saturated rings. The second-order valence-corrected chi connectivity index (χ2v) is 9.64. The second kappa shape index (κ2) is 7.74. The summed E-state index contributed by atoms with van der Waals surface area (Å²) in [6.45, 7) is 3.19. The van der Waals surface area contributed by atoms with Crippen LogP contribution in [0.15, 0.2) is 42.5 Å². The van der Waals surface area contributed by atoms with E-state index in [1.165, 1.54) is 12.1 Å². The molecular weight excluding hydrogens is 423 g/mol. The molecule has 1 amide bonds. The van der Waals surface area contributed by atoms with E-state index in [1.54, 1.807) is 19.9 Å². The third kappa shape index (κ3) is 4.55. The minimum atomic E-state index is -0.986. The molecule has 0 saturated heterocycles. The Morgan fingerprint density at radius 3 is 2.58 bits per heavy atom. The van der Waals surface area contributed by atoms with Gasteiger partial charge in [0.05, 0.1) is 10.6 Å². The first-order chi connectivity index (χ1) is 14.5. The van der Waals surface area contributed by atoms with Crippen LogP contribution in [0.25, 0.3) is 0 Å². The van der Waals surface area contributed by atoms with Gasteiger partial charge in [-0.2, -0.15) is 0 Å². The summed E-state index contributed by atoms with van der Waals surface area (Å²) in [5, 5.41) is 27.0. The van der Waals surface area contributed by atoms with Crippen molar-refractivity contribution in [2.24, 2.45) is 0 Å². The van der Waals surface area contributed by atoms with Crippen LogP contribution in [0, 0.1) is 5.82 Å². The third-order valence-electron chi connectivity index (χ3n) is 6.05. The molecule has 1 atom stereocenters. The SMILES string of the molecule is CC(C)(O)c1cccc(C(O)NC23CC(NC(=O)COc4ccc(Cl)c(F)c4)(C2)C3)c1. The molecule has 0 aliphatic heterocycles. The number of carbonyl (C=O) groups excluding carboxylic acids is 1. The number of aliphatic hydroxyl groups is 2. The summed E-state index contributed by atoms with van der Waals surface area (Å²) in [6, 6.07) is 11.3. The molecule has 8 heteroatoms. The van der Waals surface area contributed by atoms with Crippen molar-refractivity contribution in [3.63, 3.8) is 0 Å². The van der Waals surface area contributed by atoms with E-state index in [9.17, 15) is 19.4 Å². The number of halogens is 2. The lowest BCUT2D eigenvalue weighted by Gasteiger charge is -2.71. The number of carbonyl (C=O) groups is 1. The van der Waals surface area contributed by atoms with Gasteiger partial charge in [-0.25, -0.2) is 4.39 Å². The zero-order chi connectivity index (χ0) is 22.4. The minimum absolute atomic E-state index is 0.00236. The normalized spacial score (nSPS) is 25.2. The zero-order valence-electron chi connectivity index (χ0n) is 17.4. The Balaban J connectivity index is 1.26. The summed E-state index contributed by atoms with van der Waals surface area (Å²) in [5.74, 6) is -0.634. The second-order valence-electron chi connectivity index (χ2n) is 9.24. The summed E-state index contributed by atoms with van der Waals surface area (Å²) >= 11 is 5.63. The Morgan fingerprint density at radius 1 is 1.23 bits per heavy atom. The molecule has 0 spiro atoms. The van der Waals surface area contributed by atoms with Gasteiger partial charge in [0.15, 0.2) is 6.61 Å². The highest BCUT2D eigenvalue weighted by atomic mass is 35.5. The summed E-state index contributed by atoms with van der Waals surface area (Å²) < 4.78 is 18.8. The van der Waals surface area contributed by atoms with Crippen LogP contribution >= 0.6 is 11.6 Å². The molecule has 31 heavy (non-hydrogen) atoms. The molecule has 166 valence electrons. The van der Waals surface area contributed by atoms with Crippen LogP contribution in [-0.2, 0) is 10.4 Å². The Bertz CT molecular complexity index is 988. The van der Waals surface area contributed by atoms with Crippen molar-refractivity contribution in [2.75, 3.05) is 6.61 Å². The Labute approximate surface area is 185 Å². The Morgan fingerprint density at radius 2 is 1.94 bits per heavy atom. The average Bonchev–Trinajstić information content (AvgIpc) is 2.65. The Kier molecular flexibility index (Phi) is 5.50. The predicted molar refractivity (Wildman–Crippen MR) is 114 cm³/mol. The maximum absolute atomic E-state index is 13.4. The van der Waals surface area contributed by atoms with E-state index in [4.69, 9.17) is 16.3 Å². The van der Waals surface area contributed by atoms with Gasteiger partial charge >= 0.3 is 0 Å². The van der Waals surface area contributed by atoms with Crippen molar-refractivity contribution in [1.29, 1.82) is 0 Å². The highest BCUT2D eigenvalue weighted by molar-refractivity contribution is 6.30. The third-order valence-corrected chi connectivity index (χ3v) is 6.35. The van der Waals surface area contributed by atoms with Crippen LogP contribution in [0.4, 0.5) is 4.39 Å².